The lowest BCUT2D eigenvalue weighted by Crippen LogP contribution is -2.41. The van der Waals surface area contributed by atoms with Crippen LogP contribution in [0.2, 0.25) is 0 Å². The zero-order chi connectivity index (χ0) is 20.9. The molecule has 28 heavy (non-hydrogen) atoms. The monoisotopic (exact) mass is 389 g/mol. The van der Waals surface area contributed by atoms with Crippen LogP contribution in [0.4, 0.5) is 10.5 Å². The van der Waals surface area contributed by atoms with Gasteiger partial charge in [-0.2, -0.15) is 0 Å². The molecular formula is C21H31N3O4. The normalized spacial score (nSPS) is 16.2. The molecule has 3 amide bonds. The van der Waals surface area contributed by atoms with Gasteiger partial charge in [0.1, 0.15) is 11.6 Å². The molecule has 0 radical (unpaired) electrons. The zero-order valence-electron chi connectivity index (χ0n) is 17.4. The summed E-state index contributed by atoms with van der Waals surface area (Å²) in [5, 5.41) is 5.36. The fraction of sp³-hybridized carbons (Fsp3) is 0.571. The van der Waals surface area contributed by atoms with Gasteiger partial charge in [0, 0.05) is 25.7 Å². The van der Waals surface area contributed by atoms with E-state index in [1.807, 2.05) is 45.0 Å². The van der Waals surface area contributed by atoms with E-state index in [1.54, 1.807) is 11.8 Å². The van der Waals surface area contributed by atoms with Gasteiger partial charge >= 0.3 is 6.09 Å². The molecule has 1 aliphatic rings. The van der Waals surface area contributed by atoms with Crippen LogP contribution in [-0.4, -0.2) is 47.5 Å². The van der Waals surface area contributed by atoms with Crippen molar-refractivity contribution in [2.75, 3.05) is 18.4 Å². The van der Waals surface area contributed by atoms with E-state index in [9.17, 15) is 14.4 Å². The molecule has 0 bridgehead atoms. The number of imide groups is 1. The average Bonchev–Trinajstić information content (AvgIpc) is 2.60. The molecule has 7 heteroatoms. The molecule has 1 aliphatic heterocycles. The lowest BCUT2D eigenvalue weighted by Gasteiger charge is -2.33. The molecule has 1 atom stereocenters. The van der Waals surface area contributed by atoms with Crippen LogP contribution in [-0.2, 0) is 14.3 Å². The van der Waals surface area contributed by atoms with E-state index in [4.69, 9.17) is 4.74 Å². The highest BCUT2D eigenvalue weighted by molar-refractivity contribution is 5.97. The summed E-state index contributed by atoms with van der Waals surface area (Å²) in [6.45, 7) is 10.0. The van der Waals surface area contributed by atoms with Gasteiger partial charge in [-0.25, -0.2) is 4.79 Å². The van der Waals surface area contributed by atoms with Crippen molar-refractivity contribution in [3.05, 3.63) is 29.8 Å². The predicted octanol–water partition coefficient (Wildman–Crippen LogP) is 3.26. The Hall–Kier alpha value is -2.57. The number of benzene rings is 1. The first-order chi connectivity index (χ1) is 13.0. The summed E-state index contributed by atoms with van der Waals surface area (Å²) in [5.41, 5.74) is 1.56. The minimum Gasteiger partial charge on any atom is -0.444 e. The van der Waals surface area contributed by atoms with Crippen molar-refractivity contribution in [1.82, 2.24) is 10.2 Å². The summed E-state index contributed by atoms with van der Waals surface area (Å²) in [5.74, 6) is -0.330. The maximum atomic E-state index is 12.2. The van der Waals surface area contributed by atoms with E-state index in [2.05, 4.69) is 10.6 Å². The molecule has 1 unspecified atom stereocenters. The third-order valence-corrected chi connectivity index (χ3v) is 4.60. The van der Waals surface area contributed by atoms with E-state index in [0.717, 1.165) is 18.5 Å². The van der Waals surface area contributed by atoms with Gasteiger partial charge in [0.2, 0.25) is 11.8 Å². The fourth-order valence-electron chi connectivity index (χ4n) is 3.17. The van der Waals surface area contributed by atoms with Crippen molar-refractivity contribution < 1.29 is 19.1 Å². The lowest BCUT2D eigenvalue weighted by atomic mass is 9.89. The molecule has 1 fully saturated rings. The fourth-order valence-corrected chi connectivity index (χ4v) is 3.17. The average molecular weight is 389 g/mol. The number of hydrogen-bond acceptors (Lipinski definition) is 5. The van der Waals surface area contributed by atoms with Crippen LogP contribution in [0.1, 0.15) is 58.9 Å². The molecule has 2 N–H and O–H groups in total. The summed E-state index contributed by atoms with van der Waals surface area (Å²) in [4.78, 5) is 36.7. The third-order valence-electron chi connectivity index (χ3n) is 4.60. The maximum Gasteiger partial charge on any atom is 0.410 e. The zero-order valence-corrected chi connectivity index (χ0v) is 17.4. The number of rotatable bonds is 4. The van der Waals surface area contributed by atoms with Crippen LogP contribution in [0, 0.1) is 0 Å². The number of carbonyl (C=O) groups excluding carboxylic acids is 3. The Morgan fingerprint density at radius 1 is 1.11 bits per heavy atom. The van der Waals surface area contributed by atoms with Crippen LogP contribution in [0.3, 0.4) is 0 Å². The van der Waals surface area contributed by atoms with Crippen LogP contribution < -0.4 is 10.6 Å². The molecule has 1 heterocycles. The number of carbonyl (C=O) groups is 3. The molecule has 154 valence electrons. The third kappa shape index (κ3) is 6.55. The predicted molar refractivity (Wildman–Crippen MR) is 108 cm³/mol. The molecule has 1 aromatic carbocycles. The molecular weight excluding hydrogens is 358 g/mol. The molecule has 0 saturated carbocycles. The summed E-state index contributed by atoms with van der Waals surface area (Å²) in [6.07, 6.45) is 1.54. The highest BCUT2D eigenvalue weighted by atomic mass is 16.6. The Morgan fingerprint density at radius 3 is 2.18 bits per heavy atom. The van der Waals surface area contributed by atoms with Gasteiger partial charge in [-0.05, 0) is 64.2 Å². The van der Waals surface area contributed by atoms with Gasteiger partial charge in [0.05, 0.1) is 0 Å². The number of ether oxygens (including phenoxy) is 1. The highest BCUT2D eigenvalue weighted by Gasteiger charge is 2.27. The van der Waals surface area contributed by atoms with Gasteiger partial charge in [0.25, 0.3) is 0 Å². The number of anilines is 1. The first-order valence-corrected chi connectivity index (χ1v) is 9.71. The Bertz CT molecular complexity index is 701. The van der Waals surface area contributed by atoms with Crippen molar-refractivity contribution >= 4 is 23.6 Å². The number of amides is 3. The Labute approximate surface area is 166 Å². The van der Waals surface area contributed by atoms with E-state index in [-0.39, 0.29) is 17.9 Å². The van der Waals surface area contributed by atoms with E-state index < -0.39 is 11.6 Å². The van der Waals surface area contributed by atoms with Crippen LogP contribution in [0.15, 0.2) is 24.3 Å². The quantitative estimate of drug-likeness (QED) is 0.825. The van der Waals surface area contributed by atoms with Gasteiger partial charge < -0.3 is 15.0 Å². The van der Waals surface area contributed by atoms with Crippen molar-refractivity contribution in [2.45, 2.75) is 65.0 Å². The number of hydrogen-bond donors (Lipinski definition) is 2. The Morgan fingerprint density at radius 2 is 1.68 bits per heavy atom. The van der Waals surface area contributed by atoms with Crippen molar-refractivity contribution in [1.29, 1.82) is 0 Å². The molecule has 1 aromatic rings. The second-order valence-electron chi connectivity index (χ2n) is 8.28. The van der Waals surface area contributed by atoms with Crippen LogP contribution >= 0.6 is 0 Å². The SMILES string of the molecule is CC(=O)NC(=O)C(C)Nc1ccc(C2CCN(C(=O)OC(C)(C)C)CC2)cc1. The summed E-state index contributed by atoms with van der Waals surface area (Å²) >= 11 is 0. The number of nitrogens with one attached hydrogen (secondary N) is 2. The summed E-state index contributed by atoms with van der Waals surface area (Å²) in [7, 11) is 0. The van der Waals surface area contributed by atoms with E-state index in [0.29, 0.717) is 19.0 Å². The maximum absolute atomic E-state index is 12.2. The molecule has 0 aromatic heterocycles. The van der Waals surface area contributed by atoms with Gasteiger partial charge in [0.15, 0.2) is 0 Å². The molecule has 0 aliphatic carbocycles. The minimum absolute atomic E-state index is 0.247. The summed E-state index contributed by atoms with van der Waals surface area (Å²) < 4.78 is 5.44. The first kappa shape index (κ1) is 21.7. The number of nitrogens with zero attached hydrogens (tertiary/aromatic N) is 1. The second kappa shape index (κ2) is 9.08. The van der Waals surface area contributed by atoms with Crippen molar-refractivity contribution in [3.8, 4) is 0 Å². The van der Waals surface area contributed by atoms with Crippen LogP contribution in [0.5, 0.6) is 0 Å². The number of piperidine rings is 1. The standard InChI is InChI=1S/C21H31N3O4/c1-14(19(26)23-15(2)25)22-18-8-6-16(7-9-18)17-10-12-24(13-11-17)20(27)28-21(3,4)5/h6-9,14,17,22H,10-13H2,1-5H3,(H,23,25,26). The van der Waals surface area contributed by atoms with E-state index in [1.165, 1.54) is 12.5 Å². The first-order valence-electron chi connectivity index (χ1n) is 9.71. The topological polar surface area (TPSA) is 87.7 Å². The van der Waals surface area contributed by atoms with Gasteiger partial charge in [-0.3, -0.25) is 14.9 Å². The van der Waals surface area contributed by atoms with Gasteiger partial charge in [-0.1, -0.05) is 12.1 Å². The molecule has 2 rings (SSSR count). The summed E-state index contributed by atoms with van der Waals surface area (Å²) in [6, 6.07) is 7.46. The van der Waals surface area contributed by atoms with Crippen LogP contribution in [0.25, 0.3) is 0 Å². The molecule has 1 saturated heterocycles. The van der Waals surface area contributed by atoms with Crippen molar-refractivity contribution in [3.63, 3.8) is 0 Å². The Kier molecular flexibility index (Phi) is 7.05. The van der Waals surface area contributed by atoms with Gasteiger partial charge in [-0.15, -0.1) is 0 Å². The van der Waals surface area contributed by atoms with Crippen molar-refractivity contribution in [2.24, 2.45) is 0 Å². The molecule has 7 nitrogen and oxygen atoms in total. The smallest absolute Gasteiger partial charge is 0.410 e. The highest BCUT2D eigenvalue weighted by Crippen LogP contribution is 2.29. The lowest BCUT2D eigenvalue weighted by molar-refractivity contribution is -0.129. The molecule has 0 spiro atoms. The number of likely N-dealkylation sites (tertiary alicyclic amines) is 1. The second-order valence-corrected chi connectivity index (χ2v) is 8.28. The van der Waals surface area contributed by atoms with E-state index >= 15 is 0 Å². The largest absolute Gasteiger partial charge is 0.444 e. The Balaban J connectivity index is 1.87. The minimum atomic E-state index is -0.508.